The van der Waals surface area contributed by atoms with Crippen LogP contribution in [0.2, 0.25) is 0 Å². The molecule has 1 aromatic heterocycles. The Morgan fingerprint density at radius 2 is 1.71 bits per heavy atom. The van der Waals surface area contributed by atoms with E-state index in [2.05, 4.69) is 41.4 Å². The van der Waals surface area contributed by atoms with Crippen molar-refractivity contribution in [3.8, 4) is 11.6 Å². The summed E-state index contributed by atoms with van der Waals surface area (Å²) in [5, 5.41) is 0. The predicted molar refractivity (Wildman–Crippen MR) is 100 cm³/mol. The number of hydrogen-bond donors (Lipinski definition) is 0. The summed E-state index contributed by atoms with van der Waals surface area (Å²) in [5.41, 5.74) is 3.99. The van der Waals surface area contributed by atoms with Gasteiger partial charge in [-0.3, -0.25) is 0 Å². The molecule has 24 heavy (non-hydrogen) atoms. The van der Waals surface area contributed by atoms with Crippen molar-refractivity contribution in [1.29, 1.82) is 0 Å². The average molecular weight is 346 g/mol. The summed E-state index contributed by atoms with van der Waals surface area (Å²) in [5.74, 6) is 1.94. The van der Waals surface area contributed by atoms with E-state index in [1.165, 1.54) is 24.0 Å². The van der Waals surface area contributed by atoms with Gasteiger partial charge in [0, 0.05) is 11.8 Å². The van der Waals surface area contributed by atoms with Gasteiger partial charge in [0.25, 0.3) is 5.88 Å². The molecule has 128 valence electrons. The van der Waals surface area contributed by atoms with Crippen LogP contribution >= 0.6 is 12.4 Å². The Morgan fingerprint density at radius 1 is 1.00 bits per heavy atom. The Bertz CT molecular complexity index is 675. The van der Waals surface area contributed by atoms with Crippen molar-refractivity contribution >= 4 is 18.5 Å². The molecule has 0 bridgehead atoms. The fourth-order valence-electron chi connectivity index (χ4n) is 3.32. The van der Waals surface area contributed by atoms with Crippen molar-refractivity contribution in [3.63, 3.8) is 0 Å². The summed E-state index contributed by atoms with van der Waals surface area (Å²) in [7, 11) is 3.28. The molecule has 1 aliphatic carbocycles. The molecule has 1 heterocycles. The van der Waals surface area contributed by atoms with Crippen molar-refractivity contribution in [3.05, 3.63) is 59.3 Å². The van der Waals surface area contributed by atoms with E-state index in [9.17, 15) is 0 Å². The Hall–Kier alpha value is -2.00. The van der Waals surface area contributed by atoms with Crippen molar-refractivity contribution in [2.24, 2.45) is 0 Å². The first kappa shape index (κ1) is 18.3. The summed E-state index contributed by atoms with van der Waals surface area (Å²) in [6, 6.07) is 12.8. The largest absolute Gasteiger partial charge is 0.491 e. The summed E-state index contributed by atoms with van der Waals surface area (Å²) >= 11 is 0. The number of allylic oxidation sites excluding steroid dienone is 1. The molecule has 0 spiro atoms. The Morgan fingerprint density at radius 3 is 2.33 bits per heavy atom. The minimum absolute atomic E-state index is 0. The number of benzene rings is 1. The fraction of sp³-hybridized carbons (Fsp3) is 0.350. The number of rotatable bonds is 4. The molecule has 0 aliphatic heterocycles. The molecule has 0 unspecified atom stereocenters. The van der Waals surface area contributed by atoms with Crippen LogP contribution in [0, 0.1) is 0 Å². The van der Waals surface area contributed by atoms with Crippen LogP contribution in [0.15, 0.2) is 48.2 Å². The van der Waals surface area contributed by atoms with Gasteiger partial charge in [-0.05, 0) is 43.2 Å². The smallest absolute Gasteiger partial charge is 0.257 e. The van der Waals surface area contributed by atoms with Gasteiger partial charge < -0.3 is 9.47 Å². The molecule has 0 radical (unpaired) electrons. The van der Waals surface area contributed by atoms with Gasteiger partial charge >= 0.3 is 0 Å². The van der Waals surface area contributed by atoms with Crippen molar-refractivity contribution in [2.75, 3.05) is 14.2 Å². The molecule has 2 aromatic rings. The molecule has 1 aliphatic rings. The number of halogens is 1. The van der Waals surface area contributed by atoms with E-state index >= 15 is 0 Å². The number of hydrogen-bond acceptors (Lipinski definition) is 3. The monoisotopic (exact) mass is 345 g/mol. The molecule has 1 aromatic carbocycles. The SMILES string of the molecule is COc1nccc(C=C2CCC(c3ccccc3)CC2)c1OC.Cl. The van der Waals surface area contributed by atoms with E-state index in [1.54, 1.807) is 20.4 Å². The van der Waals surface area contributed by atoms with Crippen LogP contribution in [0.3, 0.4) is 0 Å². The molecule has 0 atom stereocenters. The summed E-state index contributed by atoms with van der Waals surface area (Å²) in [6.07, 6.45) is 8.69. The molecule has 0 saturated heterocycles. The lowest BCUT2D eigenvalue weighted by molar-refractivity contribution is 0.342. The Kier molecular flexibility index (Phi) is 6.68. The van der Waals surface area contributed by atoms with E-state index in [-0.39, 0.29) is 12.4 Å². The van der Waals surface area contributed by atoms with Crippen LogP contribution in [0.1, 0.15) is 42.7 Å². The first-order chi connectivity index (χ1) is 11.3. The zero-order chi connectivity index (χ0) is 16.1. The van der Waals surface area contributed by atoms with Gasteiger partial charge in [-0.15, -0.1) is 12.4 Å². The second-order valence-corrected chi connectivity index (χ2v) is 5.93. The van der Waals surface area contributed by atoms with Gasteiger partial charge in [-0.2, -0.15) is 0 Å². The maximum atomic E-state index is 5.47. The number of methoxy groups -OCH3 is 2. The van der Waals surface area contributed by atoms with Gasteiger partial charge in [0.15, 0.2) is 5.75 Å². The molecule has 1 fully saturated rings. The van der Waals surface area contributed by atoms with Crippen LogP contribution in [0.5, 0.6) is 11.6 Å². The molecule has 1 saturated carbocycles. The van der Waals surface area contributed by atoms with Gasteiger partial charge in [0.05, 0.1) is 14.2 Å². The zero-order valence-corrected chi connectivity index (χ0v) is 15.0. The van der Waals surface area contributed by atoms with Crippen LogP contribution in [0.25, 0.3) is 6.08 Å². The standard InChI is InChI=1S/C20H23NO2.ClH/c1-22-19-18(12-13-21-20(19)23-2)14-15-8-10-17(11-9-15)16-6-4-3-5-7-16;/h3-7,12-14,17H,8-11H2,1-2H3;1H. The Labute approximate surface area is 150 Å². The highest BCUT2D eigenvalue weighted by molar-refractivity contribution is 5.85. The first-order valence-electron chi connectivity index (χ1n) is 8.13. The molecule has 0 N–H and O–H groups in total. The minimum Gasteiger partial charge on any atom is -0.491 e. The van der Waals surface area contributed by atoms with E-state index in [4.69, 9.17) is 9.47 Å². The highest BCUT2D eigenvalue weighted by Gasteiger charge is 2.19. The molecule has 3 nitrogen and oxygen atoms in total. The predicted octanol–water partition coefficient (Wildman–Crippen LogP) is 5.26. The molecule has 0 amide bonds. The average Bonchev–Trinajstić information content (AvgIpc) is 2.63. The number of nitrogens with zero attached hydrogens (tertiary/aromatic N) is 1. The van der Waals surface area contributed by atoms with E-state index in [0.29, 0.717) is 17.5 Å². The lowest BCUT2D eigenvalue weighted by Crippen LogP contribution is -2.06. The van der Waals surface area contributed by atoms with E-state index in [1.807, 2.05) is 6.07 Å². The summed E-state index contributed by atoms with van der Waals surface area (Å²) < 4.78 is 10.7. The number of pyridine rings is 1. The molecule has 3 rings (SSSR count). The van der Waals surface area contributed by atoms with Gasteiger partial charge in [-0.25, -0.2) is 4.98 Å². The van der Waals surface area contributed by atoms with Crippen LogP contribution in [-0.2, 0) is 0 Å². The second kappa shape index (κ2) is 8.74. The lowest BCUT2D eigenvalue weighted by Gasteiger charge is -2.24. The van der Waals surface area contributed by atoms with Crippen LogP contribution < -0.4 is 9.47 Å². The van der Waals surface area contributed by atoms with Crippen LogP contribution in [0.4, 0.5) is 0 Å². The quantitative estimate of drug-likeness (QED) is 0.757. The third kappa shape index (κ3) is 4.09. The highest BCUT2D eigenvalue weighted by atomic mass is 35.5. The number of ether oxygens (including phenoxy) is 2. The summed E-state index contributed by atoms with van der Waals surface area (Å²) in [6.45, 7) is 0. The minimum atomic E-state index is 0. The van der Waals surface area contributed by atoms with Crippen molar-refractivity contribution in [1.82, 2.24) is 4.98 Å². The maximum Gasteiger partial charge on any atom is 0.257 e. The third-order valence-corrected chi connectivity index (χ3v) is 4.56. The first-order valence-corrected chi connectivity index (χ1v) is 8.13. The molecule has 4 heteroatoms. The topological polar surface area (TPSA) is 31.4 Å². The van der Waals surface area contributed by atoms with Gasteiger partial charge in [-0.1, -0.05) is 42.0 Å². The van der Waals surface area contributed by atoms with Gasteiger partial charge in [0.2, 0.25) is 0 Å². The second-order valence-electron chi connectivity index (χ2n) is 5.93. The lowest BCUT2D eigenvalue weighted by atomic mass is 9.81. The maximum absolute atomic E-state index is 5.47. The third-order valence-electron chi connectivity index (χ3n) is 4.56. The molecular formula is C20H24ClNO2. The summed E-state index contributed by atoms with van der Waals surface area (Å²) in [4.78, 5) is 4.20. The highest BCUT2D eigenvalue weighted by Crippen LogP contribution is 2.37. The molecular weight excluding hydrogens is 322 g/mol. The van der Waals surface area contributed by atoms with E-state index in [0.717, 1.165) is 18.4 Å². The van der Waals surface area contributed by atoms with Crippen LogP contribution in [-0.4, -0.2) is 19.2 Å². The number of aromatic nitrogens is 1. The Balaban J connectivity index is 0.00000208. The van der Waals surface area contributed by atoms with Crippen molar-refractivity contribution in [2.45, 2.75) is 31.6 Å². The van der Waals surface area contributed by atoms with Crippen molar-refractivity contribution < 1.29 is 9.47 Å². The zero-order valence-electron chi connectivity index (χ0n) is 14.2. The van der Waals surface area contributed by atoms with Gasteiger partial charge in [0.1, 0.15) is 0 Å². The van der Waals surface area contributed by atoms with E-state index < -0.39 is 0 Å². The fourth-order valence-corrected chi connectivity index (χ4v) is 3.32. The normalized spacial score (nSPS) is 16.9.